The van der Waals surface area contributed by atoms with Gasteiger partial charge < -0.3 is 10.1 Å². The molecule has 2 aliphatic heterocycles. The summed E-state index contributed by atoms with van der Waals surface area (Å²) >= 11 is 0. The van der Waals surface area contributed by atoms with Crippen molar-refractivity contribution in [1.29, 1.82) is 0 Å². The minimum atomic E-state index is 0.390. The van der Waals surface area contributed by atoms with E-state index < -0.39 is 0 Å². The summed E-state index contributed by atoms with van der Waals surface area (Å²) in [5, 5.41) is 3.53. The van der Waals surface area contributed by atoms with Gasteiger partial charge in [0.05, 0.1) is 7.11 Å². The second kappa shape index (κ2) is 5.75. The number of piperazine rings is 1. The zero-order chi connectivity index (χ0) is 14.9. The first-order valence-corrected chi connectivity index (χ1v) is 8.05. The SMILES string of the molecule is COc1cccc2c1[C@H](c1ccccc1)CN1CCNC[C@@H]21. The lowest BCUT2D eigenvalue weighted by molar-refractivity contribution is 0.142. The molecule has 2 atom stereocenters. The van der Waals surface area contributed by atoms with Gasteiger partial charge in [-0.3, -0.25) is 4.90 Å². The summed E-state index contributed by atoms with van der Waals surface area (Å²) in [5.74, 6) is 1.42. The second-order valence-electron chi connectivity index (χ2n) is 6.14. The highest BCUT2D eigenvalue weighted by molar-refractivity contribution is 5.50. The van der Waals surface area contributed by atoms with E-state index >= 15 is 0 Å². The number of ether oxygens (including phenoxy) is 1. The number of rotatable bonds is 2. The van der Waals surface area contributed by atoms with Crippen molar-refractivity contribution in [3.8, 4) is 5.75 Å². The average molecular weight is 294 g/mol. The zero-order valence-electron chi connectivity index (χ0n) is 13.0. The molecule has 1 saturated heterocycles. The van der Waals surface area contributed by atoms with Crippen LogP contribution in [-0.2, 0) is 0 Å². The van der Waals surface area contributed by atoms with Gasteiger partial charge in [0.1, 0.15) is 5.75 Å². The molecule has 0 aromatic heterocycles. The Labute approximate surface area is 131 Å². The molecule has 114 valence electrons. The Hall–Kier alpha value is -1.84. The second-order valence-corrected chi connectivity index (χ2v) is 6.14. The van der Waals surface area contributed by atoms with E-state index in [9.17, 15) is 0 Å². The standard InChI is InChI=1S/C19H22N2O/c1-22-18-9-5-8-15-17-12-20-10-11-21(17)13-16(19(15)18)14-6-3-2-4-7-14/h2-9,16-17,20H,10-13H2,1H3/t16-,17-/m0/s1. The summed E-state index contributed by atoms with van der Waals surface area (Å²) in [7, 11) is 1.78. The molecule has 0 spiro atoms. The third-order valence-electron chi connectivity index (χ3n) is 5.00. The van der Waals surface area contributed by atoms with Crippen LogP contribution < -0.4 is 10.1 Å². The molecule has 1 fully saturated rings. The molecule has 2 aromatic rings. The molecule has 0 unspecified atom stereocenters. The third-order valence-corrected chi connectivity index (χ3v) is 5.00. The van der Waals surface area contributed by atoms with E-state index in [0.29, 0.717) is 12.0 Å². The summed E-state index contributed by atoms with van der Waals surface area (Å²) < 4.78 is 5.71. The third kappa shape index (κ3) is 2.21. The summed E-state index contributed by atoms with van der Waals surface area (Å²) in [6, 6.07) is 17.8. The molecule has 0 bridgehead atoms. The highest BCUT2D eigenvalue weighted by Crippen LogP contribution is 2.44. The van der Waals surface area contributed by atoms with E-state index in [1.54, 1.807) is 7.11 Å². The van der Waals surface area contributed by atoms with Crippen molar-refractivity contribution in [2.75, 3.05) is 33.3 Å². The van der Waals surface area contributed by atoms with Crippen molar-refractivity contribution in [2.45, 2.75) is 12.0 Å². The lowest BCUT2D eigenvalue weighted by Crippen LogP contribution is -2.50. The Morgan fingerprint density at radius 3 is 2.77 bits per heavy atom. The maximum atomic E-state index is 5.71. The number of fused-ring (bicyclic) bond motifs is 3. The normalized spacial score (nSPS) is 24.4. The van der Waals surface area contributed by atoms with Gasteiger partial charge in [0.2, 0.25) is 0 Å². The van der Waals surface area contributed by atoms with Gasteiger partial charge in [0.15, 0.2) is 0 Å². The summed E-state index contributed by atoms with van der Waals surface area (Å²) in [6.45, 7) is 4.30. The first kappa shape index (κ1) is 13.8. The number of hydrogen-bond acceptors (Lipinski definition) is 3. The Morgan fingerprint density at radius 2 is 1.95 bits per heavy atom. The Morgan fingerprint density at radius 1 is 1.09 bits per heavy atom. The molecular weight excluding hydrogens is 272 g/mol. The molecule has 0 amide bonds. The summed E-state index contributed by atoms with van der Waals surface area (Å²) in [4.78, 5) is 2.62. The molecule has 3 nitrogen and oxygen atoms in total. The van der Waals surface area contributed by atoms with Crippen molar-refractivity contribution < 1.29 is 4.74 Å². The largest absolute Gasteiger partial charge is 0.496 e. The number of benzene rings is 2. The van der Waals surface area contributed by atoms with Gasteiger partial charge in [-0.15, -0.1) is 0 Å². The van der Waals surface area contributed by atoms with Crippen LogP contribution in [0.25, 0.3) is 0 Å². The van der Waals surface area contributed by atoms with Gasteiger partial charge in [0.25, 0.3) is 0 Å². The van der Waals surface area contributed by atoms with Crippen LogP contribution in [0.5, 0.6) is 5.75 Å². The number of hydrogen-bond donors (Lipinski definition) is 1. The van der Waals surface area contributed by atoms with Crippen LogP contribution in [0.4, 0.5) is 0 Å². The maximum Gasteiger partial charge on any atom is 0.123 e. The molecule has 2 aromatic carbocycles. The lowest BCUT2D eigenvalue weighted by Gasteiger charge is -2.44. The van der Waals surface area contributed by atoms with Gasteiger partial charge in [-0.2, -0.15) is 0 Å². The lowest BCUT2D eigenvalue weighted by atomic mass is 9.80. The van der Waals surface area contributed by atoms with E-state index in [2.05, 4.69) is 58.7 Å². The molecule has 2 aliphatic rings. The van der Waals surface area contributed by atoms with Crippen molar-refractivity contribution in [3.63, 3.8) is 0 Å². The minimum absolute atomic E-state index is 0.390. The maximum absolute atomic E-state index is 5.71. The first-order valence-electron chi connectivity index (χ1n) is 8.05. The summed E-state index contributed by atoms with van der Waals surface area (Å²) in [5.41, 5.74) is 4.18. The first-order chi connectivity index (χ1) is 10.9. The van der Waals surface area contributed by atoms with Crippen LogP contribution in [0.15, 0.2) is 48.5 Å². The van der Waals surface area contributed by atoms with Crippen molar-refractivity contribution in [3.05, 3.63) is 65.2 Å². The molecule has 0 radical (unpaired) electrons. The van der Waals surface area contributed by atoms with E-state index in [0.717, 1.165) is 31.9 Å². The fourth-order valence-electron chi connectivity index (χ4n) is 3.96. The van der Waals surface area contributed by atoms with Gasteiger partial charge in [-0.05, 0) is 17.2 Å². The van der Waals surface area contributed by atoms with Gasteiger partial charge in [-0.1, -0.05) is 42.5 Å². The van der Waals surface area contributed by atoms with Crippen molar-refractivity contribution in [2.24, 2.45) is 0 Å². The van der Waals surface area contributed by atoms with E-state index in [1.807, 2.05) is 0 Å². The van der Waals surface area contributed by atoms with Crippen LogP contribution in [-0.4, -0.2) is 38.2 Å². The zero-order valence-corrected chi connectivity index (χ0v) is 13.0. The quantitative estimate of drug-likeness (QED) is 0.922. The van der Waals surface area contributed by atoms with E-state index in [-0.39, 0.29) is 0 Å². The van der Waals surface area contributed by atoms with Crippen LogP contribution >= 0.6 is 0 Å². The van der Waals surface area contributed by atoms with Crippen LogP contribution in [0.1, 0.15) is 28.7 Å². The van der Waals surface area contributed by atoms with Gasteiger partial charge in [0, 0.05) is 43.7 Å². The molecule has 0 saturated carbocycles. The average Bonchev–Trinajstić information content (AvgIpc) is 2.61. The molecule has 1 N–H and O–H groups in total. The number of nitrogens with one attached hydrogen (secondary N) is 1. The topological polar surface area (TPSA) is 24.5 Å². The number of nitrogens with zero attached hydrogens (tertiary/aromatic N) is 1. The highest BCUT2D eigenvalue weighted by Gasteiger charge is 2.36. The van der Waals surface area contributed by atoms with Crippen molar-refractivity contribution in [1.82, 2.24) is 10.2 Å². The Bertz CT molecular complexity index is 656. The predicted octanol–water partition coefficient (Wildman–Crippen LogP) is 2.79. The Kier molecular flexibility index (Phi) is 3.60. The molecule has 0 aliphatic carbocycles. The summed E-state index contributed by atoms with van der Waals surface area (Å²) in [6.07, 6.45) is 0. The van der Waals surface area contributed by atoms with Crippen LogP contribution in [0.2, 0.25) is 0 Å². The van der Waals surface area contributed by atoms with Gasteiger partial charge in [-0.25, -0.2) is 0 Å². The molecule has 2 heterocycles. The van der Waals surface area contributed by atoms with Crippen molar-refractivity contribution >= 4 is 0 Å². The predicted molar refractivity (Wildman–Crippen MR) is 88.5 cm³/mol. The van der Waals surface area contributed by atoms with Gasteiger partial charge >= 0.3 is 0 Å². The fourth-order valence-corrected chi connectivity index (χ4v) is 3.96. The smallest absolute Gasteiger partial charge is 0.123 e. The number of methoxy groups -OCH3 is 1. The highest BCUT2D eigenvalue weighted by atomic mass is 16.5. The minimum Gasteiger partial charge on any atom is -0.496 e. The van der Waals surface area contributed by atoms with Crippen LogP contribution in [0.3, 0.4) is 0 Å². The molecular formula is C19H22N2O. The molecule has 22 heavy (non-hydrogen) atoms. The van der Waals surface area contributed by atoms with Crippen LogP contribution in [0, 0.1) is 0 Å². The fraction of sp³-hybridized carbons (Fsp3) is 0.368. The van der Waals surface area contributed by atoms with E-state index in [1.165, 1.54) is 16.7 Å². The monoisotopic (exact) mass is 294 g/mol. The molecule has 4 rings (SSSR count). The molecule has 3 heteroatoms. The van der Waals surface area contributed by atoms with E-state index in [4.69, 9.17) is 4.74 Å². The Balaban J connectivity index is 1.86.